The Morgan fingerprint density at radius 3 is 1.40 bits per heavy atom. The highest BCUT2D eigenvalue weighted by atomic mass is 16.5. The summed E-state index contributed by atoms with van der Waals surface area (Å²) in [6.07, 6.45) is 27.1. The quantitative estimate of drug-likeness (QED) is 0.128. The summed E-state index contributed by atoms with van der Waals surface area (Å²) in [4.78, 5) is 11.7. The number of esters is 1. The van der Waals surface area contributed by atoms with Gasteiger partial charge >= 0.3 is 5.97 Å². The van der Waals surface area contributed by atoms with E-state index in [2.05, 4.69) is 27.7 Å². The molecule has 0 heterocycles. The van der Waals surface area contributed by atoms with E-state index in [1.165, 1.54) is 109 Å². The molecule has 0 N–H and O–H groups in total. The molecule has 0 spiro atoms. The van der Waals surface area contributed by atoms with Crippen LogP contribution in [-0.4, -0.2) is 12.6 Å². The zero-order valence-electron chi connectivity index (χ0n) is 21.4. The first-order valence-corrected chi connectivity index (χ1v) is 13.6. The van der Waals surface area contributed by atoms with Crippen molar-refractivity contribution < 1.29 is 9.53 Å². The first-order valence-electron chi connectivity index (χ1n) is 13.6. The minimum atomic E-state index is 0.00622. The molecule has 0 rings (SSSR count). The van der Waals surface area contributed by atoms with Crippen LogP contribution in [0.25, 0.3) is 0 Å². The Labute approximate surface area is 190 Å². The molecule has 0 aromatic carbocycles. The maximum Gasteiger partial charge on any atom is 0.305 e. The van der Waals surface area contributed by atoms with Gasteiger partial charge in [-0.15, -0.1) is 0 Å². The fraction of sp³-hybridized carbons (Fsp3) is 0.964. The molecule has 180 valence electrons. The van der Waals surface area contributed by atoms with Crippen LogP contribution in [-0.2, 0) is 9.53 Å². The third-order valence-corrected chi connectivity index (χ3v) is 6.07. The molecule has 0 bridgehead atoms. The second kappa shape index (κ2) is 21.7. The Balaban J connectivity index is 3.16. The van der Waals surface area contributed by atoms with Gasteiger partial charge in [-0.05, 0) is 24.7 Å². The Hall–Kier alpha value is -0.530. The van der Waals surface area contributed by atoms with Crippen molar-refractivity contribution >= 4 is 5.97 Å². The SMILES string of the molecule is CCCCCCCCCCCCCCCCCCOC(=O)CCCCCC(C)(C)C. The predicted molar refractivity (Wildman–Crippen MR) is 133 cm³/mol. The minimum absolute atomic E-state index is 0.00622. The van der Waals surface area contributed by atoms with Crippen molar-refractivity contribution in [3.63, 3.8) is 0 Å². The maximum atomic E-state index is 11.7. The van der Waals surface area contributed by atoms with Gasteiger partial charge in [0.2, 0.25) is 0 Å². The van der Waals surface area contributed by atoms with Gasteiger partial charge in [0.1, 0.15) is 0 Å². The number of hydrogen-bond acceptors (Lipinski definition) is 2. The van der Waals surface area contributed by atoms with E-state index in [4.69, 9.17) is 4.74 Å². The van der Waals surface area contributed by atoms with E-state index in [-0.39, 0.29) is 5.97 Å². The first kappa shape index (κ1) is 29.5. The highest BCUT2D eigenvalue weighted by molar-refractivity contribution is 5.69. The van der Waals surface area contributed by atoms with Crippen LogP contribution in [0.4, 0.5) is 0 Å². The van der Waals surface area contributed by atoms with Gasteiger partial charge in [-0.3, -0.25) is 4.79 Å². The lowest BCUT2D eigenvalue weighted by Gasteiger charge is -2.17. The van der Waals surface area contributed by atoms with Gasteiger partial charge in [-0.2, -0.15) is 0 Å². The Morgan fingerprint density at radius 1 is 0.567 bits per heavy atom. The van der Waals surface area contributed by atoms with Crippen LogP contribution in [0, 0.1) is 5.41 Å². The highest BCUT2D eigenvalue weighted by Gasteiger charge is 2.09. The summed E-state index contributed by atoms with van der Waals surface area (Å²) in [7, 11) is 0. The molecule has 0 aliphatic carbocycles. The van der Waals surface area contributed by atoms with Crippen molar-refractivity contribution in [1.29, 1.82) is 0 Å². The fourth-order valence-corrected chi connectivity index (χ4v) is 4.01. The normalized spacial score (nSPS) is 11.7. The maximum absolute atomic E-state index is 11.7. The zero-order valence-corrected chi connectivity index (χ0v) is 21.4. The van der Waals surface area contributed by atoms with E-state index in [1.54, 1.807) is 0 Å². The lowest BCUT2D eigenvalue weighted by molar-refractivity contribution is -0.143. The van der Waals surface area contributed by atoms with E-state index in [1.807, 2.05) is 0 Å². The number of rotatable bonds is 22. The molecule has 0 aliphatic rings. The van der Waals surface area contributed by atoms with Crippen molar-refractivity contribution in [3.8, 4) is 0 Å². The molecule has 2 nitrogen and oxygen atoms in total. The van der Waals surface area contributed by atoms with Crippen LogP contribution in [0.5, 0.6) is 0 Å². The van der Waals surface area contributed by atoms with E-state index in [0.717, 1.165) is 19.3 Å². The summed E-state index contributed by atoms with van der Waals surface area (Å²) in [6, 6.07) is 0. The lowest BCUT2D eigenvalue weighted by atomic mass is 9.89. The lowest BCUT2D eigenvalue weighted by Crippen LogP contribution is -2.06. The molecule has 0 aliphatic heterocycles. The van der Waals surface area contributed by atoms with Gasteiger partial charge in [0.25, 0.3) is 0 Å². The largest absolute Gasteiger partial charge is 0.466 e. The molecule has 0 atom stereocenters. The van der Waals surface area contributed by atoms with Crippen molar-refractivity contribution in [1.82, 2.24) is 0 Å². The number of carbonyl (C=O) groups is 1. The van der Waals surface area contributed by atoms with Crippen LogP contribution in [0.1, 0.15) is 163 Å². The summed E-state index contributed by atoms with van der Waals surface area (Å²) < 4.78 is 5.37. The van der Waals surface area contributed by atoms with Gasteiger partial charge in [-0.25, -0.2) is 0 Å². The topological polar surface area (TPSA) is 26.3 Å². The van der Waals surface area contributed by atoms with Gasteiger partial charge in [0.05, 0.1) is 6.61 Å². The van der Waals surface area contributed by atoms with E-state index in [9.17, 15) is 4.79 Å². The molecule has 0 fully saturated rings. The van der Waals surface area contributed by atoms with E-state index < -0.39 is 0 Å². The number of carbonyl (C=O) groups excluding carboxylic acids is 1. The summed E-state index contributed by atoms with van der Waals surface area (Å²) in [5.74, 6) is 0.00622. The zero-order chi connectivity index (χ0) is 22.3. The van der Waals surface area contributed by atoms with E-state index >= 15 is 0 Å². The van der Waals surface area contributed by atoms with Crippen molar-refractivity contribution in [3.05, 3.63) is 0 Å². The van der Waals surface area contributed by atoms with Crippen LogP contribution in [0.3, 0.4) is 0 Å². The first-order chi connectivity index (χ1) is 14.5. The Morgan fingerprint density at radius 2 is 0.967 bits per heavy atom. The molecule has 0 saturated carbocycles. The fourth-order valence-electron chi connectivity index (χ4n) is 4.01. The summed E-state index contributed by atoms with van der Waals surface area (Å²) in [5, 5.41) is 0. The third-order valence-electron chi connectivity index (χ3n) is 6.07. The minimum Gasteiger partial charge on any atom is -0.466 e. The van der Waals surface area contributed by atoms with Gasteiger partial charge in [0.15, 0.2) is 0 Å². The predicted octanol–water partition coefficient (Wildman–Crippen LogP) is 9.79. The monoisotopic (exact) mass is 424 g/mol. The Kier molecular flexibility index (Phi) is 21.3. The molecule has 0 radical (unpaired) electrons. The van der Waals surface area contributed by atoms with Gasteiger partial charge in [-0.1, -0.05) is 137 Å². The summed E-state index contributed by atoms with van der Waals surface area (Å²) >= 11 is 0. The van der Waals surface area contributed by atoms with Crippen molar-refractivity contribution in [2.24, 2.45) is 5.41 Å². The van der Waals surface area contributed by atoms with Crippen LogP contribution in [0.15, 0.2) is 0 Å². The smallest absolute Gasteiger partial charge is 0.305 e. The molecule has 0 aromatic rings. The second-order valence-electron chi connectivity index (χ2n) is 10.6. The van der Waals surface area contributed by atoms with E-state index in [0.29, 0.717) is 18.4 Å². The van der Waals surface area contributed by atoms with Crippen molar-refractivity contribution in [2.75, 3.05) is 6.61 Å². The molecule has 0 unspecified atom stereocenters. The van der Waals surface area contributed by atoms with Gasteiger partial charge < -0.3 is 4.74 Å². The van der Waals surface area contributed by atoms with Gasteiger partial charge in [0, 0.05) is 6.42 Å². The van der Waals surface area contributed by atoms with Crippen molar-refractivity contribution in [2.45, 2.75) is 163 Å². The second-order valence-corrected chi connectivity index (χ2v) is 10.6. The average molecular weight is 425 g/mol. The number of ether oxygens (including phenoxy) is 1. The highest BCUT2D eigenvalue weighted by Crippen LogP contribution is 2.22. The molecule has 30 heavy (non-hydrogen) atoms. The number of unbranched alkanes of at least 4 members (excludes halogenated alkanes) is 17. The molecular formula is C28H56O2. The van der Waals surface area contributed by atoms with Crippen LogP contribution in [0.2, 0.25) is 0 Å². The average Bonchev–Trinajstić information content (AvgIpc) is 2.69. The Bertz CT molecular complexity index is 356. The molecule has 0 aromatic heterocycles. The third kappa shape index (κ3) is 25.5. The molecule has 2 heteroatoms. The standard InChI is InChI=1S/C28H56O2/c1-5-6-7-8-9-10-11-12-13-14-15-16-17-18-19-23-26-30-27(29)24-21-20-22-25-28(2,3)4/h5-26H2,1-4H3. The van der Waals surface area contributed by atoms with Crippen LogP contribution < -0.4 is 0 Å². The summed E-state index contributed by atoms with van der Waals surface area (Å²) in [6.45, 7) is 9.74. The number of hydrogen-bond donors (Lipinski definition) is 0. The molecular weight excluding hydrogens is 368 g/mol. The molecule has 0 amide bonds. The summed E-state index contributed by atoms with van der Waals surface area (Å²) in [5.41, 5.74) is 0.410. The van der Waals surface area contributed by atoms with Crippen LogP contribution >= 0.6 is 0 Å². The molecule has 0 saturated heterocycles.